The maximum atomic E-state index is 12.1. The fraction of sp³-hybridized carbons (Fsp3) is 0.235. The van der Waals surface area contributed by atoms with E-state index in [4.69, 9.17) is 4.74 Å². The number of hydrogen-bond acceptors (Lipinski definition) is 4. The van der Waals surface area contributed by atoms with Crippen molar-refractivity contribution in [2.75, 3.05) is 25.6 Å². The van der Waals surface area contributed by atoms with Crippen LogP contribution >= 0.6 is 15.9 Å². The number of carbonyl (C=O) groups excluding carboxylic acids is 2. The zero-order valence-electron chi connectivity index (χ0n) is 13.2. The molecule has 0 bridgehead atoms. The normalized spacial score (nSPS) is 10.2. The van der Waals surface area contributed by atoms with Crippen LogP contribution in [0.3, 0.4) is 0 Å². The van der Waals surface area contributed by atoms with Crippen LogP contribution in [0.1, 0.15) is 15.9 Å². The molecule has 0 aliphatic heterocycles. The van der Waals surface area contributed by atoms with Crippen LogP contribution in [-0.2, 0) is 16.0 Å². The summed E-state index contributed by atoms with van der Waals surface area (Å²) in [7, 11) is 1.59. The zero-order chi connectivity index (χ0) is 17.4. The Balaban J connectivity index is 1.90. The van der Waals surface area contributed by atoms with Crippen molar-refractivity contribution in [3.63, 3.8) is 0 Å². The van der Waals surface area contributed by atoms with Crippen LogP contribution in [0.2, 0.25) is 0 Å². The second-order valence-electron chi connectivity index (χ2n) is 5.06. The third-order valence-electron chi connectivity index (χ3n) is 3.17. The number of carbonyl (C=O) groups is 2. The minimum absolute atomic E-state index is 0.0657. The number of nitrogens with one attached hydrogen (secondary N) is 2. The number of rotatable bonds is 7. The predicted molar refractivity (Wildman–Crippen MR) is 94.9 cm³/mol. The number of hydrogen-bond donors (Lipinski definition) is 2. The first-order chi connectivity index (χ1) is 11.6. The number of amides is 2. The molecule has 0 radical (unpaired) electrons. The smallest absolute Gasteiger partial charge is 0.257 e. The van der Waals surface area contributed by atoms with E-state index >= 15 is 0 Å². The molecule has 7 heteroatoms. The number of nitrogens with zero attached hydrogens (tertiary/aromatic N) is 1. The van der Waals surface area contributed by atoms with Crippen molar-refractivity contribution in [2.45, 2.75) is 6.42 Å². The van der Waals surface area contributed by atoms with Gasteiger partial charge in [0.1, 0.15) is 0 Å². The van der Waals surface area contributed by atoms with Crippen molar-refractivity contribution in [2.24, 2.45) is 0 Å². The van der Waals surface area contributed by atoms with Gasteiger partial charge in [-0.05, 0) is 39.7 Å². The number of benzene rings is 1. The molecule has 2 aromatic rings. The summed E-state index contributed by atoms with van der Waals surface area (Å²) in [5, 5.41) is 5.55. The van der Waals surface area contributed by atoms with E-state index in [0.29, 0.717) is 24.4 Å². The van der Waals surface area contributed by atoms with Crippen LogP contribution in [0, 0.1) is 0 Å². The lowest BCUT2D eigenvalue weighted by Gasteiger charge is -2.07. The molecule has 1 aromatic carbocycles. The van der Waals surface area contributed by atoms with Crippen molar-refractivity contribution in [3.05, 3.63) is 58.3 Å². The highest BCUT2D eigenvalue weighted by atomic mass is 79.9. The van der Waals surface area contributed by atoms with Crippen LogP contribution in [-0.4, -0.2) is 37.1 Å². The SMILES string of the molecule is COCCNC(=O)Cc1ccc(NC(=O)c2cncc(Br)c2)cc1. The number of methoxy groups -OCH3 is 1. The molecule has 0 spiro atoms. The van der Waals surface area contributed by atoms with Gasteiger partial charge in [-0.1, -0.05) is 12.1 Å². The largest absolute Gasteiger partial charge is 0.383 e. The Hall–Kier alpha value is -2.25. The standard InChI is InChI=1S/C17H18BrN3O3/c1-24-7-6-20-16(22)8-12-2-4-15(5-3-12)21-17(23)13-9-14(18)11-19-10-13/h2-5,9-11H,6-8H2,1H3,(H,20,22)(H,21,23). The van der Waals surface area contributed by atoms with Gasteiger partial charge in [-0.2, -0.15) is 0 Å². The minimum Gasteiger partial charge on any atom is -0.383 e. The van der Waals surface area contributed by atoms with E-state index in [2.05, 4.69) is 31.5 Å². The van der Waals surface area contributed by atoms with E-state index in [0.717, 1.165) is 10.0 Å². The summed E-state index contributed by atoms with van der Waals surface area (Å²) in [6, 6.07) is 8.85. The lowest BCUT2D eigenvalue weighted by Crippen LogP contribution is -2.28. The Morgan fingerprint density at radius 3 is 2.62 bits per heavy atom. The molecule has 0 unspecified atom stereocenters. The molecular weight excluding hydrogens is 374 g/mol. The van der Waals surface area contributed by atoms with E-state index in [1.54, 1.807) is 31.5 Å². The minimum atomic E-state index is -0.242. The Bertz CT molecular complexity index is 704. The van der Waals surface area contributed by atoms with Gasteiger partial charge in [0.25, 0.3) is 5.91 Å². The molecule has 24 heavy (non-hydrogen) atoms. The summed E-state index contributed by atoms with van der Waals surface area (Å²) in [4.78, 5) is 27.8. The highest BCUT2D eigenvalue weighted by Crippen LogP contribution is 2.14. The molecule has 0 atom stereocenters. The molecule has 0 aliphatic rings. The summed E-state index contributed by atoms with van der Waals surface area (Å²) in [6.45, 7) is 0.977. The third kappa shape index (κ3) is 5.75. The van der Waals surface area contributed by atoms with Crippen LogP contribution in [0.15, 0.2) is 47.2 Å². The molecule has 2 rings (SSSR count). The molecule has 6 nitrogen and oxygen atoms in total. The Kier molecular flexibility index (Phi) is 6.89. The lowest BCUT2D eigenvalue weighted by atomic mass is 10.1. The van der Waals surface area contributed by atoms with Crippen molar-refractivity contribution < 1.29 is 14.3 Å². The first-order valence-electron chi connectivity index (χ1n) is 7.35. The average Bonchev–Trinajstić information content (AvgIpc) is 2.57. The van der Waals surface area contributed by atoms with Crippen molar-refractivity contribution in [1.29, 1.82) is 0 Å². The van der Waals surface area contributed by atoms with Gasteiger partial charge >= 0.3 is 0 Å². The zero-order valence-corrected chi connectivity index (χ0v) is 14.8. The molecule has 0 saturated carbocycles. The van der Waals surface area contributed by atoms with E-state index in [-0.39, 0.29) is 18.2 Å². The van der Waals surface area contributed by atoms with Crippen LogP contribution in [0.25, 0.3) is 0 Å². The quantitative estimate of drug-likeness (QED) is 0.710. The number of aromatic nitrogens is 1. The van der Waals surface area contributed by atoms with E-state index in [1.165, 1.54) is 6.20 Å². The summed E-state index contributed by atoms with van der Waals surface area (Å²) < 4.78 is 5.62. The summed E-state index contributed by atoms with van der Waals surface area (Å²) in [6.07, 6.45) is 3.40. The van der Waals surface area contributed by atoms with Gasteiger partial charge in [0, 0.05) is 36.2 Å². The van der Waals surface area contributed by atoms with Gasteiger partial charge in [-0.25, -0.2) is 0 Å². The average molecular weight is 392 g/mol. The summed E-state index contributed by atoms with van der Waals surface area (Å²) >= 11 is 3.28. The van der Waals surface area contributed by atoms with Crippen molar-refractivity contribution >= 4 is 33.4 Å². The number of ether oxygens (including phenoxy) is 1. The van der Waals surface area contributed by atoms with Gasteiger partial charge in [-0.15, -0.1) is 0 Å². The monoisotopic (exact) mass is 391 g/mol. The van der Waals surface area contributed by atoms with Gasteiger partial charge < -0.3 is 15.4 Å². The molecular formula is C17H18BrN3O3. The second kappa shape index (κ2) is 9.14. The van der Waals surface area contributed by atoms with Gasteiger partial charge in [0.15, 0.2) is 0 Å². The van der Waals surface area contributed by atoms with E-state index in [1.807, 2.05) is 12.1 Å². The second-order valence-corrected chi connectivity index (χ2v) is 5.98. The molecule has 0 saturated heterocycles. The van der Waals surface area contributed by atoms with Gasteiger partial charge in [-0.3, -0.25) is 14.6 Å². The van der Waals surface area contributed by atoms with E-state index in [9.17, 15) is 9.59 Å². The Morgan fingerprint density at radius 1 is 1.21 bits per heavy atom. The Morgan fingerprint density at radius 2 is 1.96 bits per heavy atom. The number of halogens is 1. The molecule has 1 heterocycles. The molecule has 2 amide bonds. The topological polar surface area (TPSA) is 80.3 Å². The summed E-state index contributed by atoms with van der Waals surface area (Å²) in [5.74, 6) is -0.307. The van der Waals surface area contributed by atoms with E-state index < -0.39 is 0 Å². The van der Waals surface area contributed by atoms with Gasteiger partial charge in [0.05, 0.1) is 18.6 Å². The number of pyridine rings is 1. The predicted octanol–water partition coefficient (Wildman–Crippen LogP) is 2.40. The van der Waals surface area contributed by atoms with Crippen LogP contribution in [0.4, 0.5) is 5.69 Å². The fourth-order valence-electron chi connectivity index (χ4n) is 1.99. The third-order valence-corrected chi connectivity index (χ3v) is 3.61. The fourth-order valence-corrected chi connectivity index (χ4v) is 2.35. The highest BCUT2D eigenvalue weighted by molar-refractivity contribution is 9.10. The molecule has 126 valence electrons. The lowest BCUT2D eigenvalue weighted by molar-refractivity contribution is -0.120. The first kappa shape index (κ1) is 18.1. The Labute approximate surface area is 148 Å². The van der Waals surface area contributed by atoms with Crippen LogP contribution < -0.4 is 10.6 Å². The first-order valence-corrected chi connectivity index (χ1v) is 8.14. The molecule has 0 fully saturated rings. The molecule has 2 N–H and O–H groups in total. The van der Waals surface area contributed by atoms with Crippen LogP contribution in [0.5, 0.6) is 0 Å². The molecule has 0 aliphatic carbocycles. The van der Waals surface area contributed by atoms with Crippen molar-refractivity contribution in [3.8, 4) is 0 Å². The molecule has 1 aromatic heterocycles. The van der Waals surface area contributed by atoms with Gasteiger partial charge in [0.2, 0.25) is 5.91 Å². The maximum Gasteiger partial charge on any atom is 0.257 e. The summed E-state index contributed by atoms with van der Waals surface area (Å²) in [5.41, 5.74) is 1.99. The van der Waals surface area contributed by atoms with Crippen molar-refractivity contribution in [1.82, 2.24) is 10.3 Å². The highest BCUT2D eigenvalue weighted by Gasteiger charge is 2.08. The maximum absolute atomic E-state index is 12.1. The number of anilines is 1.